The summed E-state index contributed by atoms with van der Waals surface area (Å²) in [7, 11) is -5.17. The molecule has 0 aliphatic heterocycles. The molecule has 0 atom stereocenters. The summed E-state index contributed by atoms with van der Waals surface area (Å²) in [6.45, 7) is 0. The summed E-state index contributed by atoms with van der Waals surface area (Å²) in [6.07, 6.45) is 0. The predicted molar refractivity (Wildman–Crippen MR) is 16.2 cm³/mol. The van der Waals surface area contributed by atoms with Crippen LogP contribution >= 0.6 is 0 Å². The second-order valence-corrected chi connectivity index (χ2v) is 1.22. The molecule has 0 aliphatic carbocycles. The molecule has 0 aromatic heterocycles. The van der Waals surface area contributed by atoms with Crippen molar-refractivity contribution in [1.29, 1.82) is 0 Å². The van der Waals surface area contributed by atoms with Crippen molar-refractivity contribution in [3.8, 4) is 0 Å². The molecule has 0 heterocycles. The summed E-state index contributed by atoms with van der Waals surface area (Å²) in [4.78, 5) is 0. The molecule has 0 bridgehead atoms. The molecule has 4 nitrogen and oxygen atoms in total. The zero-order valence-electron chi connectivity index (χ0n) is 3.62. The fraction of sp³-hybridized carbons (Fsp3) is 0. The van der Waals surface area contributed by atoms with Gasteiger partial charge < -0.3 is 9.11 Å². The van der Waals surface area contributed by atoms with Crippen LogP contribution < -0.4 is 51.4 Å². The van der Waals surface area contributed by atoms with Crippen molar-refractivity contribution in [2.75, 3.05) is 0 Å². The first-order valence-corrected chi connectivity index (χ1v) is 2.00. The van der Waals surface area contributed by atoms with E-state index in [2.05, 4.69) is 0 Å². The van der Waals surface area contributed by atoms with Gasteiger partial charge in [0.25, 0.3) is 0 Å². The van der Waals surface area contributed by atoms with E-state index in [4.69, 9.17) is 17.5 Å². The molecule has 0 spiro atoms. The van der Waals surface area contributed by atoms with E-state index in [1.165, 1.54) is 0 Å². The minimum absolute atomic E-state index is 0. The Hall–Kier alpha value is 2.04. The van der Waals surface area contributed by atoms with Crippen LogP contribution in [0.5, 0.6) is 0 Å². The van der Waals surface area contributed by atoms with Crippen molar-refractivity contribution in [3.63, 3.8) is 0 Å². The molecule has 7 heteroatoms. The molecule has 0 rings (SSSR count). The Morgan fingerprint density at radius 3 is 1.14 bits per heavy atom. The van der Waals surface area contributed by atoms with E-state index in [1.54, 1.807) is 0 Å². The Labute approximate surface area is 94.8 Å². The molecule has 3 radical (unpaired) electrons. The molecule has 0 amide bonds. The molecule has 0 fully saturated rings. The summed E-state index contributed by atoms with van der Waals surface area (Å²) in [5.74, 6) is 0. The molecular formula is AlKO4S-. The predicted octanol–water partition coefficient (Wildman–Crippen LogP) is -4.71. The van der Waals surface area contributed by atoms with Crippen LogP contribution in [0.25, 0.3) is 0 Å². The Morgan fingerprint density at radius 1 is 1.14 bits per heavy atom. The third-order valence-corrected chi connectivity index (χ3v) is 0. The first-order valence-electron chi connectivity index (χ1n) is 0.667. The quantitative estimate of drug-likeness (QED) is 0.203. The first-order chi connectivity index (χ1) is 2.00. The maximum atomic E-state index is 8.52. The van der Waals surface area contributed by atoms with Crippen molar-refractivity contribution in [2.24, 2.45) is 0 Å². The summed E-state index contributed by atoms with van der Waals surface area (Å²) < 4.78 is 34.1. The number of hydrogen-bond acceptors (Lipinski definition) is 4. The van der Waals surface area contributed by atoms with E-state index in [9.17, 15) is 0 Å². The molecule has 0 aromatic rings. The van der Waals surface area contributed by atoms with Gasteiger partial charge in [0.15, 0.2) is 0 Å². The summed E-state index contributed by atoms with van der Waals surface area (Å²) >= 11 is 0. The first kappa shape index (κ1) is 16.0. The maximum absolute atomic E-state index is 8.52. The zero-order chi connectivity index (χ0) is 4.50. The Kier molecular flexibility index (Phi) is 14.1. The monoisotopic (exact) mass is 162 g/mol. The summed E-state index contributed by atoms with van der Waals surface area (Å²) in [5, 5.41) is 0. The zero-order valence-corrected chi connectivity index (χ0v) is 8.71. The smallest absolute Gasteiger partial charge is 0.759 e. The van der Waals surface area contributed by atoms with E-state index in [-0.39, 0.29) is 68.7 Å². The van der Waals surface area contributed by atoms with E-state index < -0.39 is 10.4 Å². The molecule has 0 saturated carbocycles. The van der Waals surface area contributed by atoms with Crippen LogP contribution in [0.1, 0.15) is 0 Å². The third kappa shape index (κ3) is 70.5. The van der Waals surface area contributed by atoms with Crippen molar-refractivity contribution in [1.82, 2.24) is 0 Å². The van der Waals surface area contributed by atoms with Crippen molar-refractivity contribution in [2.45, 2.75) is 0 Å². The average molecular weight is 162 g/mol. The summed E-state index contributed by atoms with van der Waals surface area (Å²) in [6, 6.07) is 0. The van der Waals surface area contributed by atoms with Gasteiger partial charge in [-0.15, -0.1) is 0 Å². The van der Waals surface area contributed by atoms with Gasteiger partial charge in [0.2, 0.25) is 0 Å². The van der Waals surface area contributed by atoms with Crippen LogP contribution in [-0.4, -0.2) is 34.9 Å². The molecular weight excluding hydrogens is 162 g/mol. The van der Waals surface area contributed by atoms with Gasteiger partial charge >= 0.3 is 51.4 Å². The van der Waals surface area contributed by atoms with Gasteiger partial charge in [0.05, 0.1) is 0 Å². The SMILES string of the molecule is O=S(=O)([O-])[O-].[Al].[K+]. The van der Waals surface area contributed by atoms with Gasteiger partial charge in [-0.05, 0) is 0 Å². The minimum atomic E-state index is -5.17. The van der Waals surface area contributed by atoms with Crippen molar-refractivity contribution in [3.05, 3.63) is 0 Å². The van der Waals surface area contributed by atoms with E-state index >= 15 is 0 Å². The van der Waals surface area contributed by atoms with Crippen molar-refractivity contribution >= 4 is 27.8 Å². The molecule has 0 saturated heterocycles. The Morgan fingerprint density at radius 2 is 1.14 bits per heavy atom. The topological polar surface area (TPSA) is 80.3 Å². The second kappa shape index (κ2) is 6.16. The van der Waals surface area contributed by atoms with Gasteiger partial charge in [0, 0.05) is 27.8 Å². The van der Waals surface area contributed by atoms with Crippen LogP contribution in [0.3, 0.4) is 0 Å². The van der Waals surface area contributed by atoms with Gasteiger partial charge in [-0.1, -0.05) is 0 Å². The molecule has 0 aromatic carbocycles. The maximum Gasteiger partial charge on any atom is 1.00 e. The fourth-order valence-corrected chi connectivity index (χ4v) is 0. The molecule has 7 heavy (non-hydrogen) atoms. The largest absolute Gasteiger partial charge is 1.00 e. The Balaban J connectivity index is -0.0000000800. The fourth-order valence-electron chi connectivity index (χ4n) is 0. The third-order valence-electron chi connectivity index (χ3n) is 0. The van der Waals surface area contributed by atoms with E-state index in [1.807, 2.05) is 0 Å². The minimum Gasteiger partial charge on any atom is -0.759 e. The number of rotatable bonds is 0. The van der Waals surface area contributed by atoms with Crippen LogP contribution in [0.15, 0.2) is 0 Å². The standard InChI is InChI=1S/Al.K.H2O4S/c;;1-5(2,3)4/h;;(H2,1,2,3,4)/q;+1;/p-2. The van der Waals surface area contributed by atoms with Crippen LogP contribution in [0.2, 0.25) is 0 Å². The van der Waals surface area contributed by atoms with Gasteiger partial charge in [-0.25, -0.2) is 0 Å². The normalized spacial score (nSPS) is 8.29. The second-order valence-electron chi connectivity index (χ2n) is 0.408. The van der Waals surface area contributed by atoms with Gasteiger partial charge in [-0.3, -0.25) is 8.42 Å². The molecule has 35 valence electrons. The number of hydrogen-bond donors (Lipinski definition) is 0. The van der Waals surface area contributed by atoms with Gasteiger partial charge in [0.1, 0.15) is 0 Å². The van der Waals surface area contributed by atoms with Crippen LogP contribution in [0.4, 0.5) is 0 Å². The van der Waals surface area contributed by atoms with E-state index in [0.29, 0.717) is 0 Å². The van der Waals surface area contributed by atoms with Crippen LogP contribution in [-0.2, 0) is 10.4 Å². The van der Waals surface area contributed by atoms with E-state index in [0.717, 1.165) is 0 Å². The average Bonchev–Trinajstić information content (AvgIpc) is 0.722. The molecule has 0 N–H and O–H groups in total. The molecule has 0 aliphatic rings. The summed E-state index contributed by atoms with van der Waals surface area (Å²) in [5.41, 5.74) is 0. The van der Waals surface area contributed by atoms with Gasteiger partial charge in [-0.2, -0.15) is 0 Å². The Bertz CT molecular complexity index is 94.9. The molecule has 0 unspecified atom stereocenters. The van der Waals surface area contributed by atoms with Crippen molar-refractivity contribution < 1.29 is 68.9 Å². The van der Waals surface area contributed by atoms with Crippen LogP contribution in [0, 0.1) is 0 Å².